The van der Waals surface area contributed by atoms with Gasteiger partial charge in [-0.1, -0.05) is 5.21 Å². The molecule has 1 amide bonds. The lowest BCUT2D eigenvalue weighted by Gasteiger charge is -2.04. The molecule has 0 saturated heterocycles. The molecule has 0 aliphatic heterocycles. The number of amides is 1. The van der Waals surface area contributed by atoms with Crippen LogP contribution in [0.25, 0.3) is 11.3 Å². The highest BCUT2D eigenvalue weighted by Crippen LogP contribution is 2.21. The topological polar surface area (TPSA) is 124 Å². The quantitative estimate of drug-likeness (QED) is 0.752. The zero-order valence-electron chi connectivity index (χ0n) is 9.15. The Bertz CT molecular complexity index is 593. The van der Waals surface area contributed by atoms with E-state index in [4.69, 9.17) is 10.8 Å². The van der Waals surface area contributed by atoms with Gasteiger partial charge >= 0.3 is 5.97 Å². The van der Waals surface area contributed by atoms with Crippen LogP contribution in [0.4, 0.5) is 0 Å². The van der Waals surface area contributed by atoms with Crippen LogP contribution < -0.4 is 5.73 Å². The zero-order valence-corrected chi connectivity index (χ0v) is 9.15. The third-order valence-corrected chi connectivity index (χ3v) is 2.20. The SMILES string of the molecule is NC(=O)Cn1nnc(C(=O)O)c1-c1ccncc1. The van der Waals surface area contributed by atoms with Gasteiger partial charge in [-0.05, 0) is 12.1 Å². The molecule has 0 fully saturated rings. The van der Waals surface area contributed by atoms with Gasteiger partial charge < -0.3 is 10.8 Å². The Hall–Kier alpha value is -2.77. The van der Waals surface area contributed by atoms with Gasteiger partial charge in [0, 0.05) is 18.0 Å². The van der Waals surface area contributed by atoms with Crippen molar-refractivity contribution >= 4 is 11.9 Å². The molecule has 2 aromatic rings. The number of nitrogens with zero attached hydrogens (tertiary/aromatic N) is 4. The number of hydrogen-bond donors (Lipinski definition) is 2. The number of primary amides is 1. The molecule has 18 heavy (non-hydrogen) atoms. The van der Waals surface area contributed by atoms with Crippen LogP contribution in [0.5, 0.6) is 0 Å². The summed E-state index contributed by atoms with van der Waals surface area (Å²) in [4.78, 5) is 25.8. The van der Waals surface area contributed by atoms with E-state index in [0.717, 1.165) is 4.68 Å². The molecule has 8 nitrogen and oxygen atoms in total. The van der Waals surface area contributed by atoms with Crippen molar-refractivity contribution in [3.05, 3.63) is 30.2 Å². The standard InChI is InChI=1S/C10H9N5O3/c11-7(16)5-15-9(6-1-3-12-4-2-6)8(10(17)18)13-14-15/h1-4H,5H2,(H2,11,16)(H,17,18). The van der Waals surface area contributed by atoms with Crippen molar-refractivity contribution in [2.75, 3.05) is 0 Å². The van der Waals surface area contributed by atoms with Crippen molar-refractivity contribution in [2.45, 2.75) is 6.54 Å². The summed E-state index contributed by atoms with van der Waals surface area (Å²) in [6.45, 7) is -0.238. The van der Waals surface area contributed by atoms with E-state index in [1.54, 1.807) is 12.1 Å². The predicted molar refractivity (Wildman–Crippen MR) is 59.4 cm³/mol. The van der Waals surface area contributed by atoms with Crippen LogP contribution in [0, 0.1) is 0 Å². The van der Waals surface area contributed by atoms with E-state index >= 15 is 0 Å². The van der Waals surface area contributed by atoms with Gasteiger partial charge in [0.05, 0.1) is 0 Å². The average Bonchev–Trinajstić information content (AvgIpc) is 2.73. The molecule has 0 aromatic carbocycles. The van der Waals surface area contributed by atoms with Crippen LogP contribution in [0.3, 0.4) is 0 Å². The molecule has 2 heterocycles. The Labute approximate surface area is 101 Å². The molecule has 2 aromatic heterocycles. The van der Waals surface area contributed by atoms with E-state index in [0.29, 0.717) is 5.56 Å². The number of carboxylic acids is 1. The fourth-order valence-electron chi connectivity index (χ4n) is 1.51. The summed E-state index contributed by atoms with van der Waals surface area (Å²) in [7, 11) is 0. The van der Waals surface area contributed by atoms with Gasteiger partial charge in [0.25, 0.3) is 0 Å². The minimum Gasteiger partial charge on any atom is -0.476 e. The maximum absolute atomic E-state index is 11.0. The number of aromatic carboxylic acids is 1. The summed E-state index contributed by atoms with van der Waals surface area (Å²) in [5, 5.41) is 16.2. The van der Waals surface area contributed by atoms with Gasteiger partial charge in [0.2, 0.25) is 5.91 Å². The van der Waals surface area contributed by atoms with Gasteiger partial charge in [0.15, 0.2) is 5.69 Å². The number of rotatable bonds is 4. The first-order valence-corrected chi connectivity index (χ1v) is 4.95. The number of aromatic nitrogens is 4. The van der Waals surface area contributed by atoms with Crippen LogP contribution in [0.2, 0.25) is 0 Å². The molecule has 2 rings (SSSR count). The number of carbonyl (C=O) groups is 2. The summed E-state index contributed by atoms with van der Waals surface area (Å²) in [6, 6.07) is 3.20. The van der Waals surface area contributed by atoms with Crippen LogP contribution in [-0.2, 0) is 11.3 Å². The highest BCUT2D eigenvalue weighted by Gasteiger charge is 2.21. The summed E-state index contributed by atoms with van der Waals surface area (Å²) in [5.74, 6) is -1.86. The van der Waals surface area contributed by atoms with Crippen molar-refractivity contribution in [3.8, 4) is 11.3 Å². The van der Waals surface area contributed by atoms with Crippen molar-refractivity contribution < 1.29 is 14.7 Å². The smallest absolute Gasteiger partial charge is 0.358 e. The number of carbonyl (C=O) groups excluding carboxylic acids is 1. The van der Waals surface area contributed by atoms with Crippen LogP contribution in [-0.4, -0.2) is 37.0 Å². The molecule has 0 radical (unpaired) electrons. The maximum Gasteiger partial charge on any atom is 0.358 e. The van der Waals surface area contributed by atoms with Crippen molar-refractivity contribution in [1.29, 1.82) is 0 Å². The zero-order chi connectivity index (χ0) is 13.1. The molecule has 0 aliphatic rings. The lowest BCUT2D eigenvalue weighted by molar-refractivity contribution is -0.118. The summed E-state index contributed by atoms with van der Waals surface area (Å²) in [6.07, 6.45) is 3.01. The molecule has 0 saturated carbocycles. The molecule has 0 spiro atoms. The molecule has 92 valence electrons. The lowest BCUT2D eigenvalue weighted by atomic mass is 10.1. The lowest BCUT2D eigenvalue weighted by Crippen LogP contribution is -2.20. The molecule has 0 unspecified atom stereocenters. The van der Waals surface area contributed by atoms with Gasteiger partial charge in [-0.3, -0.25) is 9.78 Å². The van der Waals surface area contributed by atoms with Crippen LogP contribution >= 0.6 is 0 Å². The second-order valence-corrected chi connectivity index (χ2v) is 3.45. The first kappa shape index (κ1) is 11.7. The monoisotopic (exact) mass is 247 g/mol. The predicted octanol–water partition coefficient (Wildman–Crippen LogP) is -0.476. The first-order chi connectivity index (χ1) is 8.59. The van der Waals surface area contributed by atoms with E-state index in [2.05, 4.69) is 15.3 Å². The summed E-state index contributed by atoms with van der Waals surface area (Å²) in [5.41, 5.74) is 5.61. The second kappa shape index (κ2) is 4.62. The minimum absolute atomic E-state index is 0.226. The number of hydrogen-bond acceptors (Lipinski definition) is 5. The molecule has 0 atom stereocenters. The van der Waals surface area contributed by atoms with Crippen molar-refractivity contribution in [1.82, 2.24) is 20.0 Å². The van der Waals surface area contributed by atoms with E-state index in [9.17, 15) is 9.59 Å². The number of nitrogens with two attached hydrogens (primary N) is 1. The molecular weight excluding hydrogens is 238 g/mol. The van der Waals surface area contributed by atoms with E-state index in [-0.39, 0.29) is 17.9 Å². The Morgan fingerprint density at radius 3 is 2.56 bits per heavy atom. The first-order valence-electron chi connectivity index (χ1n) is 4.95. The second-order valence-electron chi connectivity index (χ2n) is 3.45. The molecular formula is C10H9N5O3. The average molecular weight is 247 g/mol. The highest BCUT2D eigenvalue weighted by atomic mass is 16.4. The Balaban J connectivity index is 2.57. The molecule has 8 heteroatoms. The highest BCUT2D eigenvalue weighted by molar-refractivity contribution is 5.92. The minimum atomic E-state index is -1.22. The van der Waals surface area contributed by atoms with E-state index in [1.807, 2.05) is 0 Å². The third-order valence-electron chi connectivity index (χ3n) is 2.20. The summed E-state index contributed by atoms with van der Waals surface area (Å²) >= 11 is 0. The Morgan fingerprint density at radius 1 is 1.33 bits per heavy atom. The number of pyridine rings is 1. The Morgan fingerprint density at radius 2 is 2.00 bits per heavy atom. The van der Waals surface area contributed by atoms with E-state index in [1.165, 1.54) is 12.4 Å². The van der Waals surface area contributed by atoms with Gasteiger partial charge in [-0.25, -0.2) is 9.48 Å². The third kappa shape index (κ3) is 2.17. The van der Waals surface area contributed by atoms with Gasteiger partial charge in [0.1, 0.15) is 12.2 Å². The van der Waals surface area contributed by atoms with Gasteiger partial charge in [-0.2, -0.15) is 0 Å². The molecule has 0 bridgehead atoms. The van der Waals surface area contributed by atoms with Crippen LogP contribution in [0.1, 0.15) is 10.5 Å². The van der Waals surface area contributed by atoms with Crippen molar-refractivity contribution in [3.63, 3.8) is 0 Å². The largest absolute Gasteiger partial charge is 0.476 e. The fourth-order valence-corrected chi connectivity index (χ4v) is 1.51. The molecule has 3 N–H and O–H groups in total. The van der Waals surface area contributed by atoms with Gasteiger partial charge in [-0.15, -0.1) is 5.10 Å². The Kier molecular flexibility index (Phi) is 3.00. The summed E-state index contributed by atoms with van der Waals surface area (Å²) < 4.78 is 1.15. The molecule has 0 aliphatic carbocycles. The fraction of sp³-hybridized carbons (Fsp3) is 0.100. The maximum atomic E-state index is 11.0. The van der Waals surface area contributed by atoms with Crippen molar-refractivity contribution in [2.24, 2.45) is 5.73 Å². The van der Waals surface area contributed by atoms with E-state index < -0.39 is 11.9 Å². The normalized spacial score (nSPS) is 10.2. The van der Waals surface area contributed by atoms with Crippen LogP contribution in [0.15, 0.2) is 24.5 Å². The number of carboxylic acid groups (broad SMARTS) is 1.